The third-order valence-corrected chi connectivity index (χ3v) is 5.24. The first kappa shape index (κ1) is 23.7. The molecule has 7 nitrogen and oxygen atoms in total. The zero-order chi connectivity index (χ0) is 24.9. The average molecular weight is 474 g/mol. The van der Waals surface area contributed by atoms with Crippen LogP contribution in [0.2, 0.25) is 0 Å². The number of barbiturate groups is 1. The predicted molar refractivity (Wildman–Crippen MR) is 129 cm³/mol. The molecular weight excluding hydrogens is 451 g/mol. The Bertz CT molecular complexity index is 1320. The van der Waals surface area contributed by atoms with E-state index in [2.05, 4.69) is 5.32 Å². The number of rotatable bonds is 7. The van der Waals surface area contributed by atoms with Crippen LogP contribution in [0.4, 0.5) is 14.9 Å². The van der Waals surface area contributed by atoms with Crippen LogP contribution in [0.1, 0.15) is 23.6 Å². The lowest BCUT2D eigenvalue weighted by atomic mass is 10.1. The molecule has 0 aliphatic carbocycles. The van der Waals surface area contributed by atoms with Crippen molar-refractivity contribution in [3.05, 3.63) is 94.8 Å². The molecule has 0 aromatic heterocycles. The molecule has 35 heavy (non-hydrogen) atoms. The van der Waals surface area contributed by atoms with Gasteiger partial charge in [0.25, 0.3) is 11.8 Å². The van der Waals surface area contributed by atoms with E-state index < -0.39 is 23.7 Å². The number of carbonyl (C=O) groups excluding carboxylic acids is 3. The third kappa shape index (κ3) is 5.38. The molecule has 0 unspecified atom stereocenters. The van der Waals surface area contributed by atoms with Gasteiger partial charge < -0.3 is 9.47 Å². The number of anilines is 1. The van der Waals surface area contributed by atoms with Gasteiger partial charge in [0.05, 0.1) is 12.3 Å². The van der Waals surface area contributed by atoms with Crippen molar-refractivity contribution in [3.8, 4) is 11.5 Å². The highest BCUT2D eigenvalue weighted by Crippen LogP contribution is 2.31. The molecule has 1 heterocycles. The summed E-state index contributed by atoms with van der Waals surface area (Å²) in [5, 5.41) is 2.15. The number of amides is 4. The largest absolute Gasteiger partial charge is 0.490 e. The zero-order valence-electron chi connectivity index (χ0n) is 19.2. The SMILES string of the molecule is CCOc1cc(/C=C2\C(=O)NC(=O)N(c3ccc(F)cc3)C2=O)ccc1OCc1cccc(C)c1. The van der Waals surface area contributed by atoms with E-state index in [-0.39, 0.29) is 11.3 Å². The van der Waals surface area contributed by atoms with E-state index in [1.54, 1.807) is 18.2 Å². The summed E-state index contributed by atoms with van der Waals surface area (Å²) >= 11 is 0. The van der Waals surface area contributed by atoms with Crippen molar-refractivity contribution in [1.29, 1.82) is 0 Å². The van der Waals surface area contributed by atoms with E-state index in [1.165, 1.54) is 18.2 Å². The van der Waals surface area contributed by atoms with Crippen LogP contribution in [0, 0.1) is 12.7 Å². The molecule has 178 valence electrons. The Balaban J connectivity index is 1.61. The number of carbonyl (C=O) groups is 3. The molecule has 0 saturated carbocycles. The van der Waals surface area contributed by atoms with Gasteiger partial charge in [-0.05, 0) is 67.4 Å². The van der Waals surface area contributed by atoms with Gasteiger partial charge in [-0.25, -0.2) is 14.1 Å². The van der Waals surface area contributed by atoms with Crippen molar-refractivity contribution in [3.63, 3.8) is 0 Å². The number of hydrogen-bond donors (Lipinski definition) is 1. The van der Waals surface area contributed by atoms with Crippen molar-refractivity contribution in [2.75, 3.05) is 11.5 Å². The topological polar surface area (TPSA) is 84.9 Å². The van der Waals surface area contributed by atoms with E-state index in [9.17, 15) is 18.8 Å². The number of halogens is 1. The van der Waals surface area contributed by atoms with Gasteiger partial charge in [0, 0.05) is 0 Å². The Hall–Kier alpha value is -4.46. The molecule has 8 heteroatoms. The lowest BCUT2D eigenvalue weighted by Gasteiger charge is -2.26. The van der Waals surface area contributed by atoms with Gasteiger partial charge in [-0.2, -0.15) is 0 Å². The summed E-state index contributed by atoms with van der Waals surface area (Å²) in [6.07, 6.45) is 1.37. The summed E-state index contributed by atoms with van der Waals surface area (Å²) in [5.74, 6) is -1.19. The number of hydrogen-bond acceptors (Lipinski definition) is 5. The third-order valence-electron chi connectivity index (χ3n) is 5.24. The quantitative estimate of drug-likeness (QED) is 0.394. The maximum absolute atomic E-state index is 13.3. The van der Waals surface area contributed by atoms with Gasteiger partial charge in [0.1, 0.15) is 18.0 Å². The van der Waals surface area contributed by atoms with E-state index in [0.29, 0.717) is 30.3 Å². The van der Waals surface area contributed by atoms with Crippen LogP contribution in [0.3, 0.4) is 0 Å². The fourth-order valence-electron chi connectivity index (χ4n) is 3.61. The first-order valence-corrected chi connectivity index (χ1v) is 11.0. The maximum Gasteiger partial charge on any atom is 0.335 e. The predicted octanol–water partition coefficient (Wildman–Crippen LogP) is 4.78. The van der Waals surface area contributed by atoms with Crippen LogP contribution in [0.25, 0.3) is 6.08 Å². The van der Waals surface area contributed by atoms with Crippen LogP contribution >= 0.6 is 0 Å². The van der Waals surface area contributed by atoms with Gasteiger partial charge in [-0.3, -0.25) is 14.9 Å². The average Bonchev–Trinajstić information content (AvgIpc) is 2.82. The van der Waals surface area contributed by atoms with Gasteiger partial charge in [-0.1, -0.05) is 35.9 Å². The van der Waals surface area contributed by atoms with E-state index in [1.807, 2.05) is 38.1 Å². The van der Waals surface area contributed by atoms with Crippen LogP contribution in [0.15, 0.2) is 72.3 Å². The number of benzene rings is 3. The van der Waals surface area contributed by atoms with Crippen LogP contribution in [-0.4, -0.2) is 24.5 Å². The summed E-state index contributed by atoms with van der Waals surface area (Å²) < 4.78 is 24.9. The molecule has 3 aromatic rings. The molecule has 0 radical (unpaired) electrons. The first-order valence-electron chi connectivity index (χ1n) is 11.0. The zero-order valence-corrected chi connectivity index (χ0v) is 19.2. The molecule has 0 atom stereocenters. The molecule has 1 N–H and O–H groups in total. The van der Waals surface area contributed by atoms with E-state index in [0.717, 1.165) is 28.2 Å². The lowest BCUT2D eigenvalue weighted by Crippen LogP contribution is -2.54. The highest BCUT2D eigenvalue weighted by Gasteiger charge is 2.36. The molecular formula is C27H23FN2O5. The second-order valence-corrected chi connectivity index (χ2v) is 7.85. The molecule has 1 saturated heterocycles. The van der Waals surface area contributed by atoms with Crippen molar-refractivity contribution in [2.45, 2.75) is 20.5 Å². The highest BCUT2D eigenvalue weighted by atomic mass is 19.1. The summed E-state index contributed by atoms with van der Waals surface area (Å²) in [5.41, 5.74) is 2.53. The standard InChI is InChI=1S/C27H23FN2O5/c1-3-34-24-15-18(7-12-23(24)35-16-19-6-4-5-17(2)13-19)14-22-25(31)29-27(33)30(26(22)32)21-10-8-20(28)9-11-21/h4-15H,3,16H2,1-2H3,(H,29,31,33)/b22-14+. The summed E-state index contributed by atoms with van der Waals surface area (Å²) in [6.45, 7) is 4.57. The van der Waals surface area contributed by atoms with Gasteiger partial charge in [0.2, 0.25) is 0 Å². The summed E-state index contributed by atoms with van der Waals surface area (Å²) in [7, 11) is 0. The van der Waals surface area contributed by atoms with Crippen molar-refractivity contribution >= 4 is 29.6 Å². The van der Waals surface area contributed by atoms with Gasteiger partial charge >= 0.3 is 6.03 Å². The normalized spacial score (nSPS) is 14.8. The highest BCUT2D eigenvalue weighted by molar-refractivity contribution is 6.39. The number of aryl methyl sites for hydroxylation is 1. The smallest absolute Gasteiger partial charge is 0.335 e. The Morgan fingerprint density at radius 1 is 0.943 bits per heavy atom. The minimum Gasteiger partial charge on any atom is -0.490 e. The first-order chi connectivity index (χ1) is 16.9. The Kier molecular flexibility index (Phi) is 6.91. The minimum absolute atomic E-state index is 0.141. The fourth-order valence-corrected chi connectivity index (χ4v) is 3.61. The van der Waals surface area contributed by atoms with Crippen LogP contribution in [0.5, 0.6) is 11.5 Å². The molecule has 3 aromatic carbocycles. The van der Waals surface area contributed by atoms with Gasteiger partial charge in [0.15, 0.2) is 11.5 Å². The molecule has 4 rings (SSSR count). The second kappa shape index (κ2) is 10.2. The second-order valence-electron chi connectivity index (χ2n) is 7.85. The fraction of sp³-hybridized carbons (Fsp3) is 0.148. The Morgan fingerprint density at radius 3 is 2.43 bits per heavy atom. The van der Waals surface area contributed by atoms with E-state index in [4.69, 9.17) is 9.47 Å². The number of urea groups is 1. The number of ether oxygens (including phenoxy) is 2. The molecule has 0 spiro atoms. The van der Waals surface area contributed by atoms with E-state index >= 15 is 0 Å². The van der Waals surface area contributed by atoms with Crippen molar-refractivity contribution in [1.82, 2.24) is 5.32 Å². The molecule has 1 aliphatic heterocycles. The van der Waals surface area contributed by atoms with Crippen LogP contribution in [-0.2, 0) is 16.2 Å². The monoisotopic (exact) mass is 474 g/mol. The lowest BCUT2D eigenvalue weighted by molar-refractivity contribution is -0.122. The Morgan fingerprint density at radius 2 is 1.71 bits per heavy atom. The summed E-state index contributed by atoms with van der Waals surface area (Å²) in [6, 6.07) is 16.9. The van der Waals surface area contributed by atoms with Crippen molar-refractivity contribution in [2.24, 2.45) is 0 Å². The molecule has 4 amide bonds. The number of imide groups is 2. The van der Waals surface area contributed by atoms with Crippen LogP contribution < -0.4 is 19.7 Å². The maximum atomic E-state index is 13.3. The molecule has 1 aliphatic rings. The minimum atomic E-state index is -0.904. The van der Waals surface area contributed by atoms with Crippen molar-refractivity contribution < 1.29 is 28.2 Å². The molecule has 0 bridgehead atoms. The number of nitrogens with zero attached hydrogens (tertiary/aromatic N) is 1. The molecule has 1 fully saturated rings. The number of nitrogens with one attached hydrogen (secondary N) is 1. The Labute approximate surface area is 201 Å². The summed E-state index contributed by atoms with van der Waals surface area (Å²) in [4.78, 5) is 38.6. The van der Waals surface area contributed by atoms with Gasteiger partial charge in [-0.15, -0.1) is 0 Å².